The molecule has 1 heterocycles. The third-order valence-corrected chi connectivity index (χ3v) is 2.53. The van der Waals surface area contributed by atoms with E-state index in [1.165, 1.54) is 23.0 Å². The van der Waals surface area contributed by atoms with Crippen molar-refractivity contribution in [3.63, 3.8) is 0 Å². The molecule has 4 nitrogen and oxygen atoms in total. The van der Waals surface area contributed by atoms with E-state index in [1.807, 2.05) is 0 Å². The second kappa shape index (κ2) is 3.92. The minimum absolute atomic E-state index is 0.0309. The van der Waals surface area contributed by atoms with Crippen molar-refractivity contribution in [1.82, 2.24) is 9.78 Å². The number of nitrogens with zero attached hydrogens (tertiary/aromatic N) is 2. The quantitative estimate of drug-likeness (QED) is 0.791. The van der Waals surface area contributed by atoms with Gasteiger partial charge < -0.3 is 4.55 Å². The Kier molecular flexibility index (Phi) is 2.61. The number of aromatic nitrogens is 2. The van der Waals surface area contributed by atoms with Crippen LogP contribution in [-0.4, -0.2) is 18.5 Å². The van der Waals surface area contributed by atoms with Gasteiger partial charge in [-0.1, -0.05) is 0 Å². The Hall–Kier alpha value is -1.53. The predicted molar refractivity (Wildman–Crippen MR) is 52.6 cm³/mol. The fraction of sp³-hybridized carbons (Fsp3) is 0. The molecule has 0 amide bonds. The molecule has 15 heavy (non-hydrogen) atoms. The highest BCUT2D eigenvalue weighted by molar-refractivity contribution is 7.79. The van der Waals surface area contributed by atoms with E-state index in [4.69, 9.17) is 4.55 Å². The maximum atomic E-state index is 13.5. The molecule has 1 aromatic carbocycles. The van der Waals surface area contributed by atoms with Gasteiger partial charge in [-0.05, 0) is 24.3 Å². The van der Waals surface area contributed by atoms with Crippen molar-refractivity contribution in [1.29, 1.82) is 0 Å². The van der Waals surface area contributed by atoms with Gasteiger partial charge in [-0.3, -0.25) is 0 Å². The van der Waals surface area contributed by atoms with Gasteiger partial charge in [-0.2, -0.15) is 5.10 Å². The zero-order valence-corrected chi connectivity index (χ0v) is 8.32. The summed E-state index contributed by atoms with van der Waals surface area (Å²) >= 11 is -2.16. The summed E-state index contributed by atoms with van der Waals surface area (Å²) < 4.78 is 34.2. The third kappa shape index (κ3) is 1.95. The van der Waals surface area contributed by atoms with Crippen LogP contribution in [0.25, 0.3) is 5.69 Å². The molecule has 0 bridgehead atoms. The fourth-order valence-electron chi connectivity index (χ4n) is 1.19. The standard InChI is InChI=1S/C9H7FN2O2S/c10-8-6-7(15(13)14)2-3-9(8)12-5-1-4-11-12/h1-6H,(H,13,14). The van der Waals surface area contributed by atoms with E-state index in [2.05, 4.69) is 5.10 Å². The molecule has 0 saturated heterocycles. The lowest BCUT2D eigenvalue weighted by Crippen LogP contribution is -1.99. The minimum atomic E-state index is -2.16. The van der Waals surface area contributed by atoms with Gasteiger partial charge >= 0.3 is 0 Å². The van der Waals surface area contributed by atoms with Crippen molar-refractivity contribution in [2.75, 3.05) is 0 Å². The Morgan fingerprint density at radius 1 is 1.47 bits per heavy atom. The summed E-state index contributed by atoms with van der Waals surface area (Å²) in [4.78, 5) is 0.0309. The number of benzene rings is 1. The van der Waals surface area contributed by atoms with Crippen LogP contribution in [0.3, 0.4) is 0 Å². The molecule has 0 radical (unpaired) electrons. The summed E-state index contributed by atoms with van der Waals surface area (Å²) in [5.41, 5.74) is 0.245. The summed E-state index contributed by atoms with van der Waals surface area (Å²) in [6.45, 7) is 0. The average molecular weight is 226 g/mol. The maximum absolute atomic E-state index is 13.5. The van der Waals surface area contributed by atoms with Crippen LogP contribution in [0.2, 0.25) is 0 Å². The molecule has 1 N–H and O–H groups in total. The molecule has 0 fully saturated rings. The van der Waals surface area contributed by atoms with Crippen molar-refractivity contribution in [3.05, 3.63) is 42.5 Å². The summed E-state index contributed by atoms with van der Waals surface area (Å²) in [7, 11) is 0. The van der Waals surface area contributed by atoms with Crippen LogP contribution >= 0.6 is 0 Å². The lowest BCUT2D eigenvalue weighted by molar-refractivity contribution is 0.560. The summed E-state index contributed by atoms with van der Waals surface area (Å²) in [6, 6.07) is 5.48. The van der Waals surface area contributed by atoms with E-state index in [0.717, 1.165) is 6.07 Å². The molecule has 2 aromatic rings. The van der Waals surface area contributed by atoms with Crippen molar-refractivity contribution < 1.29 is 13.2 Å². The highest BCUT2D eigenvalue weighted by Gasteiger charge is 2.08. The Bertz CT molecular complexity index is 499. The number of halogens is 1. The highest BCUT2D eigenvalue weighted by Crippen LogP contribution is 2.15. The molecule has 0 aliphatic rings. The molecule has 78 valence electrons. The van der Waals surface area contributed by atoms with Crippen molar-refractivity contribution in [2.24, 2.45) is 0 Å². The van der Waals surface area contributed by atoms with Crippen molar-refractivity contribution in [3.8, 4) is 5.69 Å². The highest BCUT2D eigenvalue weighted by atomic mass is 32.2. The van der Waals surface area contributed by atoms with E-state index >= 15 is 0 Å². The molecule has 0 spiro atoms. The smallest absolute Gasteiger partial charge is 0.186 e. The van der Waals surface area contributed by atoms with Crippen LogP contribution in [0.1, 0.15) is 0 Å². The first kappa shape index (κ1) is 10.0. The third-order valence-electron chi connectivity index (χ3n) is 1.87. The van der Waals surface area contributed by atoms with Crippen molar-refractivity contribution >= 4 is 11.1 Å². The van der Waals surface area contributed by atoms with E-state index < -0.39 is 16.9 Å². The van der Waals surface area contributed by atoms with Crippen LogP contribution in [-0.2, 0) is 11.1 Å². The van der Waals surface area contributed by atoms with Gasteiger partial charge in [0.1, 0.15) is 11.5 Å². The number of rotatable bonds is 2. The van der Waals surface area contributed by atoms with Gasteiger partial charge in [0.05, 0.1) is 4.90 Å². The van der Waals surface area contributed by atoms with Gasteiger partial charge in [0, 0.05) is 12.4 Å². The SMILES string of the molecule is O=S(O)c1ccc(-n2cccn2)c(F)c1. The van der Waals surface area contributed by atoms with Gasteiger partial charge in [0.15, 0.2) is 11.1 Å². The zero-order valence-electron chi connectivity index (χ0n) is 7.50. The van der Waals surface area contributed by atoms with E-state index in [1.54, 1.807) is 12.3 Å². The largest absolute Gasteiger partial charge is 0.302 e. The molecule has 1 aromatic heterocycles. The van der Waals surface area contributed by atoms with E-state index in [-0.39, 0.29) is 10.6 Å². The Morgan fingerprint density at radius 3 is 2.80 bits per heavy atom. The topological polar surface area (TPSA) is 55.1 Å². The monoisotopic (exact) mass is 226 g/mol. The second-order valence-electron chi connectivity index (χ2n) is 2.81. The fourth-order valence-corrected chi connectivity index (χ4v) is 1.58. The normalized spacial score (nSPS) is 12.7. The van der Waals surface area contributed by atoms with E-state index in [0.29, 0.717) is 0 Å². The molecule has 1 atom stereocenters. The van der Waals surface area contributed by atoms with Gasteiger partial charge in [0.25, 0.3) is 0 Å². The zero-order chi connectivity index (χ0) is 10.8. The van der Waals surface area contributed by atoms with Crippen LogP contribution in [0.5, 0.6) is 0 Å². The molecule has 1 unspecified atom stereocenters. The molecule has 6 heteroatoms. The molecule has 0 aliphatic heterocycles. The molecule has 0 saturated carbocycles. The maximum Gasteiger partial charge on any atom is 0.186 e. The molecular weight excluding hydrogens is 219 g/mol. The van der Waals surface area contributed by atoms with E-state index in [9.17, 15) is 8.60 Å². The van der Waals surface area contributed by atoms with Gasteiger partial charge in [-0.15, -0.1) is 0 Å². The average Bonchev–Trinajstić information content (AvgIpc) is 2.70. The molecule has 2 rings (SSSR count). The molecular formula is C9H7FN2O2S. The first-order chi connectivity index (χ1) is 7.18. The lowest BCUT2D eigenvalue weighted by atomic mass is 10.3. The summed E-state index contributed by atoms with van der Waals surface area (Å²) in [5, 5.41) is 3.86. The van der Waals surface area contributed by atoms with Gasteiger partial charge in [0.2, 0.25) is 0 Å². The first-order valence-electron chi connectivity index (χ1n) is 4.09. The predicted octanol–water partition coefficient (Wildman–Crippen LogP) is 1.59. The summed E-state index contributed by atoms with van der Waals surface area (Å²) in [6.07, 6.45) is 3.12. The minimum Gasteiger partial charge on any atom is -0.302 e. The van der Waals surface area contributed by atoms with Crippen LogP contribution < -0.4 is 0 Å². The Labute approximate surface area is 87.6 Å². The molecule has 0 aliphatic carbocycles. The second-order valence-corrected chi connectivity index (χ2v) is 3.78. The van der Waals surface area contributed by atoms with Crippen LogP contribution in [0.4, 0.5) is 4.39 Å². The lowest BCUT2D eigenvalue weighted by Gasteiger charge is -2.03. The van der Waals surface area contributed by atoms with Gasteiger partial charge in [-0.25, -0.2) is 13.3 Å². The Balaban J connectivity index is 2.48. The summed E-state index contributed by atoms with van der Waals surface area (Å²) in [5.74, 6) is -0.585. The Morgan fingerprint density at radius 2 is 2.27 bits per heavy atom. The number of hydrogen-bond acceptors (Lipinski definition) is 2. The van der Waals surface area contributed by atoms with Crippen LogP contribution in [0, 0.1) is 5.82 Å². The first-order valence-corrected chi connectivity index (χ1v) is 5.19. The number of hydrogen-bond donors (Lipinski definition) is 1. The van der Waals surface area contributed by atoms with Crippen molar-refractivity contribution in [2.45, 2.75) is 4.90 Å². The van der Waals surface area contributed by atoms with Crippen LogP contribution in [0.15, 0.2) is 41.6 Å².